The van der Waals surface area contributed by atoms with Crippen LogP contribution in [-0.2, 0) is 14.8 Å². The Hall–Kier alpha value is -2.25. The van der Waals surface area contributed by atoms with Gasteiger partial charge in [0.05, 0.1) is 29.8 Å². The Balaban J connectivity index is 2.47. The summed E-state index contributed by atoms with van der Waals surface area (Å²) in [5.41, 5.74) is 1.77. The van der Waals surface area contributed by atoms with Gasteiger partial charge < -0.3 is 9.47 Å². The highest BCUT2D eigenvalue weighted by atomic mass is 35.5. The maximum Gasteiger partial charge on any atom is 0.341 e. The Kier molecular flexibility index (Phi) is 5.59. The highest BCUT2D eigenvalue weighted by Gasteiger charge is 2.21. The molecule has 0 fully saturated rings. The van der Waals surface area contributed by atoms with Crippen molar-refractivity contribution in [2.45, 2.75) is 18.7 Å². The minimum atomic E-state index is -3.85. The van der Waals surface area contributed by atoms with Gasteiger partial charge in [-0.2, -0.15) is 0 Å². The van der Waals surface area contributed by atoms with Gasteiger partial charge in [-0.05, 0) is 31.5 Å². The number of rotatable bonds is 5. The third-order valence-electron chi connectivity index (χ3n) is 3.56. The summed E-state index contributed by atoms with van der Waals surface area (Å²) >= 11 is 6.13. The van der Waals surface area contributed by atoms with Gasteiger partial charge in [0.1, 0.15) is 11.3 Å². The van der Waals surface area contributed by atoms with Crippen LogP contribution in [0.3, 0.4) is 0 Å². The average molecular weight is 384 g/mol. The summed E-state index contributed by atoms with van der Waals surface area (Å²) in [7, 11) is -1.27. The summed E-state index contributed by atoms with van der Waals surface area (Å²) in [4.78, 5) is 11.9. The van der Waals surface area contributed by atoms with Crippen LogP contribution in [0.25, 0.3) is 0 Å². The van der Waals surface area contributed by atoms with E-state index in [1.165, 1.54) is 32.4 Å². The lowest BCUT2D eigenvalue weighted by Gasteiger charge is -2.14. The number of carbonyl (C=O) groups excluding carboxylic acids is 1. The lowest BCUT2D eigenvalue weighted by Crippen LogP contribution is -2.15. The number of aryl methyl sites for hydroxylation is 2. The molecule has 0 spiro atoms. The van der Waals surface area contributed by atoms with Gasteiger partial charge in [-0.25, -0.2) is 13.2 Å². The fraction of sp³-hybridized carbons (Fsp3) is 0.235. The summed E-state index contributed by atoms with van der Waals surface area (Å²) < 4.78 is 37.5. The number of benzene rings is 2. The van der Waals surface area contributed by atoms with Crippen LogP contribution in [0.2, 0.25) is 5.02 Å². The summed E-state index contributed by atoms with van der Waals surface area (Å²) in [6.07, 6.45) is 0. The Bertz CT molecular complexity index is 925. The molecule has 1 N–H and O–H groups in total. The van der Waals surface area contributed by atoms with Crippen molar-refractivity contribution in [3.05, 3.63) is 52.0 Å². The normalized spacial score (nSPS) is 11.1. The van der Waals surface area contributed by atoms with Crippen LogP contribution in [0.5, 0.6) is 5.75 Å². The lowest BCUT2D eigenvalue weighted by atomic mass is 10.2. The second-order valence-electron chi connectivity index (χ2n) is 5.40. The Morgan fingerprint density at radius 2 is 1.80 bits per heavy atom. The molecule has 2 aromatic rings. The van der Waals surface area contributed by atoms with Crippen LogP contribution in [0, 0.1) is 13.8 Å². The van der Waals surface area contributed by atoms with Crippen LogP contribution >= 0.6 is 11.6 Å². The van der Waals surface area contributed by atoms with Crippen LogP contribution in [-0.4, -0.2) is 28.6 Å². The molecular formula is C17H18ClNO5S. The number of methoxy groups -OCH3 is 2. The van der Waals surface area contributed by atoms with E-state index in [0.29, 0.717) is 5.56 Å². The van der Waals surface area contributed by atoms with Gasteiger partial charge in [0.25, 0.3) is 10.0 Å². The number of hydrogen-bond donors (Lipinski definition) is 1. The first-order chi connectivity index (χ1) is 11.7. The maximum absolute atomic E-state index is 12.7. The summed E-state index contributed by atoms with van der Waals surface area (Å²) in [6.45, 7) is 3.59. The SMILES string of the molecule is COC(=O)c1cc(Cl)c(NS(=O)(=O)c2ccc(C)cc2C)cc1OC. The van der Waals surface area contributed by atoms with Gasteiger partial charge in [-0.1, -0.05) is 29.3 Å². The second kappa shape index (κ2) is 7.33. The number of anilines is 1. The highest BCUT2D eigenvalue weighted by Crippen LogP contribution is 2.33. The van der Waals surface area contributed by atoms with Crippen molar-refractivity contribution in [1.82, 2.24) is 0 Å². The molecule has 0 aliphatic rings. The molecule has 0 amide bonds. The van der Waals surface area contributed by atoms with Gasteiger partial charge in [-0.15, -0.1) is 0 Å². The molecule has 2 aromatic carbocycles. The van der Waals surface area contributed by atoms with Gasteiger partial charge >= 0.3 is 5.97 Å². The molecule has 0 saturated heterocycles. The summed E-state index contributed by atoms with van der Waals surface area (Å²) in [6, 6.07) is 7.66. The van der Waals surface area contributed by atoms with Gasteiger partial charge in [0.2, 0.25) is 0 Å². The van der Waals surface area contributed by atoms with E-state index in [2.05, 4.69) is 9.46 Å². The molecule has 2 rings (SSSR count). The van der Waals surface area contributed by atoms with Crippen molar-refractivity contribution in [2.24, 2.45) is 0 Å². The molecule has 6 nitrogen and oxygen atoms in total. The van der Waals surface area contributed by atoms with E-state index >= 15 is 0 Å². The van der Waals surface area contributed by atoms with Crippen molar-refractivity contribution < 1.29 is 22.7 Å². The molecule has 0 aromatic heterocycles. The molecule has 0 unspecified atom stereocenters. The van der Waals surface area contributed by atoms with Crippen molar-refractivity contribution in [1.29, 1.82) is 0 Å². The standard InChI is InChI=1S/C17H18ClNO5S/c1-10-5-6-16(11(2)7-10)25(21,22)19-14-9-15(23-3)12(8-13(14)18)17(20)24-4/h5-9,19H,1-4H3. The van der Waals surface area contributed by atoms with Crippen LogP contribution in [0.1, 0.15) is 21.5 Å². The second-order valence-corrected chi connectivity index (χ2v) is 7.46. The first-order valence-corrected chi connectivity index (χ1v) is 9.11. The quantitative estimate of drug-likeness (QED) is 0.798. The number of hydrogen-bond acceptors (Lipinski definition) is 5. The smallest absolute Gasteiger partial charge is 0.341 e. The zero-order chi connectivity index (χ0) is 18.8. The molecule has 0 saturated carbocycles. The van der Waals surface area contributed by atoms with E-state index in [1.54, 1.807) is 19.1 Å². The highest BCUT2D eigenvalue weighted by molar-refractivity contribution is 7.92. The first kappa shape index (κ1) is 19.1. The largest absolute Gasteiger partial charge is 0.496 e. The summed E-state index contributed by atoms with van der Waals surface area (Å²) in [5.74, 6) is -0.489. The van der Waals surface area contributed by atoms with E-state index in [-0.39, 0.29) is 26.9 Å². The molecule has 134 valence electrons. The maximum atomic E-state index is 12.7. The molecule has 8 heteroatoms. The lowest BCUT2D eigenvalue weighted by molar-refractivity contribution is 0.0597. The number of halogens is 1. The fourth-order valence-electron chi connectivity index (χ4n) is 2.37. The molecule has 0 bridgehead atoms. The predicted molar refractivity (Wildman–Crippen MR) is 96.1 cm³/mol. The topological polar surface area (TPSA) is 81.7 Å². The molecule has 25 heavy (non-hydrogen) atoms. The minimum absolute atomic E-state index is 0.0505. The third-order valence-corrected chi connectivity index (χ3v) is 5.40. The summed E-state index contributed by atoms with van der Waals surface area (Å²) in [5, 5.41) is 0.0505. The van der Waals surface area contributed by atoms with E-state index in [4.69, 9.17) is 16.3 Å². The van der Waals surface area contributed by atoms with E-state index < -0.39 is 16.0 Å². The van der Waals surface area contributed by atoms with Crippen LogP contribution in [0.15, 0.2) is 35.2 Å². The zero-order valence-electron chi connectivity index (χ0n) is 14.2. The van der Waals surface area contributed by atoms with E-state index in [9.17, 15) is 13.2 Å². The molecule has 0 heterocycles. The number of sulfonamides is 1. The van der Waals surface area contributed by atoms with Gasteiger partial charge in [0.15, 0.2) is 0 Å². The van der Waals surface area contributed by atoms with Crippen LogP contribution in [0.4, 0.5) is 5.69 Å². The first-order valence-electron chi connectivity index (χ1n) is 7.25. The van der Waals surface area contributed by atoms with E-state index in [0.717, 1.165) is 5.56 Å². The van der Waals surface area contributed by atoms with Crippen molar-refractivity contribution in [3.8, 4) is 5.75 Å². The monoisotopic (exact) mass is 383 g/mol. The van der Waals surface area contributed by atoms with Gasteiger partial charge in [0, 0.05) is 6.07 Å². The number of ether oxygens (including phenoxy) is 2. The number of nitrogens with one attached hydrogen (secondary N) is 1. The zero-order valence-corrected chi connectivity index (χ0v) is 15.8. The third kappa shape index (κ3) is 4.05. The van der Waals surface area contributed by atoms with Crippen LogP contribution < -0.4 is 9.46 Å². The Morgan fingerprint density at radius 1 is 1.12 bits per heavy atom. The average Bonchev–Trinajstić information content (AvgIpc) is 2.55. The molecule has 0 aliphatic carbocycles. The number of carbonyl (C=O) groups is 1. The molecular weight excluding hydrogens is 366 g/mol. The van der Waals surface area contributed by atoms with Crippen molar-refractivity contribution >= 4 is 33.3 Å². The fourth-order valence-corrected chi connectivity index (χ4v) is 3.94. The van der Waals surface area contributed by atoms with Gasteiger partial charge in [-0.3, -0.25) is 4.72 Å². The number of esters is 1. The molecule has 0 aliphatic heterocycles. The Morgan fingerprint density at radius 3 is 2.36 bits per heavy atom. The minimum Gasteiger partial charge on any atom is -0.496 e. The predicted octanol–water partition coefficient (Wildman–Crippen LogP) is 3.55. The Labute approximate surface area is 151 Å². The van der Waals surface area contributed by atoms with E-state index in [1.807, 2.05) is 6.92 Å². The molecule has 0 radical (unpaired) electrons. The van der Waals surface area contributed by atoms with Crippen molar-refractivity contribution in [2.75, 3.05) is 18.9 Å². The molecule has 0 atom stereocenters. The van der Waals surface area contributed by atoms with Crippen molar-refractivity contribution in [3.63, 3.8) is 0 Å².